The van der Waals surface area contributed by atoms with Crippen LogP contribution in [0.4, 0.5) is 0 Å². The van der Waals surface area contributed by atoms with E-state index in [1.54, 1.807) is 0 Å². The Morgan fingerprint density at radius 2 is 1.81 bits per heavy atom. The van der Waals surface area contributed by atoms with Crippen LogP contribution < -0.4 is 0 Å². The fraction of sp³-hybridized carbons (Fsp3) is 0.273. The Morgan fingerprint density at radius 3 is 2.44 bits per heavy atom. The van der Waals surface area contributed by atoms with Crippen molar-refractivity contribution in [3.63, 3.8) is 0 Å². The smallest absolute Gasteiger partial charge is 0.253 e. The van der Waals surface area contributed by atoms with Crippen LogP contribution in [-0.2, 0) is 7.05 Å². The van der Waals surface area contributed by atoms with Crippen LogP contribution in [0.5, 0.6) is 0 Å². The third-order valence-corrected chi connectivity index (χ3v) is 5.58. The number of carbonyl (C=O) groups excluding carboxylic acids is 1. The van der Waals surface area contributed by atoms with Crippen LogP contribution in [0.3, 0.4) is 0 Å². The predicted octanol–water partition coefficient (Wildman–Crippen LogP) is 4.76. The highest BCUT2D eigenvalue weighted by Crippen LogP contribution is 2.28. The average Bonchev–Trinajstić information content (AvgIpc) is 3.14. The van der Waals surface area contributed by atoms with Gasteiger partial charge in [-0.3, -0.25) is 4.79 Å². The summed E-state index contributed by atoms with van der Waals surface area (Å²) in [6.45, 7) is 1.56. The zero-order chi connectivity index (χ0) is 18.8. The van der Waals surface area contributed by atoms with Crippen LogP contribution in [0.1, 0.15) is 34.8 Å². The summed E-state index contributed by atoms with van der Waals surface area (Å²) < 4.78 is 2.08. The minimum Gasteiger partial charge on any atom is -0.339 e. The molecule has 0 aliphatic carbocycles. The van der Waals surface area contributed by atoms with Crippen molar-refractivity contribution in [1.82, 2.24) is 14.5 Å². The van der Waals surface area contributed by atoms with Crippen LogP contribution in [0.2, 0.25) is 5.02 Å². The van der Waals surface area contributed by atoms with Crippen LogP contribution in [0.15, 0.2) is 61.1 Å². The first kappa shape index (κ1) is 17.8. The Balaban J connectivity index is 1.42. The molecule has 0 saturated carbocycles. The number of amides is 1. The maximum absolute atomic E-state index is 12.8. The van der Waals surface area contributed by atoms with Gasteiger partial charge in [-0.2, -0.15) is 0 Å². The van der Waals surface area contributed by atoms with E-state index < -0.39 is 0 Å². The molecule has 2 heterocycles. The lowest BCUT2D eigenvalue weighted by Gasteiger charge is -2.32. The first-order chi connectivity index (χ1) is 13.1. The molecule has 5 heteroatoms. The Labute approximate surface area is 164 Å². The Morgan fingerprint density at radius 1 is 1.07 bits per heavy atom. The molecule has 2 aromatic carbocycles. The fourth-order valence-corrected chi connectivity index (χ4v) is 3.99. The van der Waals surface area contributed by atoms with Crippen LogP contribution >= 0.6 is 11.6 Å². The zero-order valence-corrected chi connectivity index (χ0v) is 16.1. The van der Waals surface area contributed by atoms with Crippen molar-refractivity contribution in [3.8, 4) is 11.1 Å². The zero-order valence-electron chi connectivity index (χ0n) is 15.3. The normalized spacial score (nSPS) is 15.1. The number of carbonyl (C=O) groups is 1. The van der Waals surface area contributed by atoms with E-state index in [0.29, 0.717) is 10.9 Å². The number of rotatable bonds is 3. The number of aryl methyl sites for hydroxylation is 1. The molecular formula is C22H22ClN3O. The van der Waals surface area contributed by atoms with E-state index in [1.807, 2.05) is 73.0 Å². The van der Waals surface area contributed by atoms with E-state index in [9.17, 15) is 4.79 Å². The highest BCUT2D eigenvalue weighted by atomic mass is 35.5. The topological polar surface area (TPSA) is 38.1 Å². The molecule has 3 aromatic rings. The monoisotopic (exact) mass is 379 g/mol. The maximum Gasteiger partial charge on any atom is 0.253 e. The largest absolute Gasteiger partial charge is 0.339 e. The fourth-order valence-electron chi connectivity index (χ4n) is 3.80. The highest BCUT2D eigenvalue weighted by Gasteiger charge is 2.25. The van der Waals surface area contributed by atoms with Gasteiger partial charge in [0.05, 0.1) is 6.33 Å². The second kappa shape index (κ2) is 7.57. The van der Waals surface area contributed by atoms with Crippen molar-refractivity contribution < 1.29 is 4.79 Å². The summed E-state index contributed by atoms with van der Waals surface area (Å²) in [4.78, 5) is 19.0. The molecule has 0 N–H and O–H groups in total. The molecule has 1 saturated heterocycles. The highest BCUT2D eigenvalue weighted by molar-refractivity contribution is 6.30. The molecule has 0 spiro atoms. The van der Waals surface area contributed by atoms with Crippen LogP contribution in [0.25, 0.3) is 11.1 Å². The van der Waals surface area contributed by atoms with Gasteiger partial charge in [0.25, 0.3) is 5.91 Å². The summed E-state index contributed by atoms with van der Waals surface area (Å²) >= 11 is 6.07. The number of hydrogen-bond acceptors (Lipinski definition) is 2. The molecule has 1 aliphatic rings. The number of aromatic nitrogens is 2. The summed E-state index contributed by atoms with van der Waals surface area (Å²) in [5.41, 5.74) is 4.11. The van der Waals surface area contributed by atoms with Gasteiger partial charge >= 0.3 is 0 Å². The van der Waals surface area contributed by atoms with E-state index in [-0.39, 0.29) is 5.91 Å². The lowest BCUT2D eigenvalue weighted by molar-refractivity contribution is 0.0711. The van der Waals surface area contributed by atoms with Crippen molar-refractivity contribution >= 4 is 17.5 Å². The van der Waals surface area contributed by atoms with Gasteiger partial charge in [-0.05, 0) is 48.2 Å². The molecule has 0 bridgehead atoms. The summed E-state index contributed by atoms with van der Waals surface area (Å²) in [5, 5.41) is 0.712. The summed E-state index contributed by atoms with van der Waals surface area (Å²) in [7, 11) is 2.03. The van der Waals surface area contributed by atoms with E-state index in [0.717, 1.165) is 42.6 Å². The summed E-state index contributed by atoms with van der Waals surface area (Å²) in [5.74, 6) is 0.586. The predicted molar refractivity (Wildman–Crippen MR) is 108 cm³/mol. The lowest BCUT2D eigenvalue weighted by Crippen LogP contribution is -2.38. The first-order valence-electron chi connectivity index (χ1n) is 9.23. The average molecular weight is 380 g/mol. The number of likely N-dealkylation sites (tertiary alicyclic amines) is 1. The summed E-state index contributed by atoms with van der Waals surface area (Å²) in [6.07, 6.45) is 5.74. The molecule has 4 rings (SSSR count). The second-order valence-electron chi connectivity index (χ2n) is 7.08. The maximum atomic E-state index is 12.8. The molecular weight excluding hydrogens is 358 g/mol. The van der Waals surface area contributed by atoms with Gasteiger partial charge in [-0.15, -0.1) is 0 Å². The Kier molecular flexibility index (Phi) is 4.99. The minimum absolute atomic E-state index is 0.108. The lowest BCUT2D eigenvalue weighted by atomic mass is 9.93. The molecule has 0 atom stereocenters. The number of imidazole rings is 1. The molecule has 0 radical (unpaired) electrons. The van der Waals surface area contributed by atoms with Gasteiger partial charge in [0, 0.05) is 48.5 Å². The quantitative estimate of drug-likeness (QED) is 0.658. The number of benzene rings is 2. The second-order valence-corrected chi connectivity index (χ2v) is 7.52. The molecule has 27 heavy (non-hydrogen) atoms. The SMILES string of the molecule is Cn1cncc1C1CCN(C(=O)c2ccc(-c3cccc(Cl)c3)cc2)CC1. The third-order valence-electron chi connectivity index (χ3n) is 5.34. The van der Waals surface area contributed by atoms with Gasteiger partial charge in [-0.25, -0.2) is 4.98 Å². The van der Waals surface area contributed by atoms with Crippen molar-refractivity contribution in [2.24, 2.45) is 7.05 Å². The van der Waals surface area contributed by atoms with Crippen molar-refractivity contribution in [3.05, 3.63) is 77.3 Å². The van der Waals surface area contributed by atoms with Crippen molar-refractivity contribution in [2.75, 3.05) is 13.1 Å². The number of piperidine rings is 1. The number of nitrogens with zero attached hydrogens (tertiary/aromatic N) is 3. The number of hydrogen-bond donors (Lipinski definition) is 0. The molecule has 1 aliphatic heterocycles. The molecule has 0 unspecified atom stereocenters. The molecule has 1 amide bonds. The van der Waals surface area contributed by atoms with E-state index in [1.165, 1.54) is 5.69 Å². The van der Waals surface area contributed by atoms with Crippen LogP contribution in [-0.4, -0.2) is 33.4 Å². The first-order valence-corrected chi connectivity index (χ1v) is 9.61. The van der Waals surface area contributed by atoms with Gasteiger partial charge < -0.3 is 9.47 Å². The molecule has 1 fully saturated rings. The number of halogens is 1. The van der Waals surface area contributed by atoms with Crippen molar-refractivity contribution in [2.45, 2.75) is 18.8 Å². The Hall–Kier alpha value is -2.59. The summed E-state index contributed by atoms with van der Waals surface area (Å²) in [6, 6.07) is 15.5. The Bertz CT molecular complexity index is 940. The van der Waals surface area contributed by atoms with Gasteiger partial charge in [0.2, 0.25) is 0 Å². The van der Waals surface area contributed by atoms with Gasteiger partial charge in [0.1, 0.15) is 0 Å². The minimum atomic E-state index is 0.108. The molecule has 138 valence electrons. The van der Waals surface area contributed by atoms with E-state index in [2.05, 4.69) is 9.55 Å². The van der Waals surface area contributed by atoms with E-state index >= 15 is 0 Å². The van der Waals surface area contributed by atoms with Gasteiger partial charge in [0.15, 0.2) is 0 Å². The van der Waals surface area contributed by atoms with Crippen LogP contribution in [0, 0.1) is 0 Å². The van der Waals surface area contributed by atoms with E-state index in [4.69, 9.17) is 11.6 Å². The van der Waals surface area contributed by atoms with Crippen molar-refractivity contribution in [1.29, 1.82) is 0 Å². The standard InChI is InChI=1S/C22H22ClN3O/c1-25-15-24-14-21(25)17-9-11-26(12-10-17)22(27)18-7-5-16(6-8-18)19-3-2-4-20(23)13-19/h2-8,13-15,17H,9-12H2,1H3. The molecule has 1 aromatic heterocycles. The molecule has 4 nitrogen and oxygen atoms in total. The van der Waals surface area contributed by atoms with Gasteiger partial charge in [-0.1, -0.05) is 35.9 Å². The third kappa shape index (κ3) is 3.76.